The molecule has 0 fully saturated rings. The van der Waals surface area contributed by atoms with E-state index in [0.29, 0.717) is 12.2 Å². The molecule has 0 saturated carbocycles. The lowest BCUT2D eigenvalue weighted by Crippen LogP contribution is -2.36. The minimum absolute atomic E-state index is 0.0901. The van der Waals surface area contributed by atoms with Crippen molar-refractivity contribution in [3.8, 4) is 11.5 Å². The van der Waals surface area contributed by atoms with E-state index in [-0.39, 0.29) is 11.8 Å². The van der Waals surface area contributed by atoms with Crippen LogP contribution in [0.3, 0.4) is 0 Å². The Bertz CT molecular complexity index is 1320. The number of hydrogen-bond donors (Lipinski definition) is 2. The van der Waals surface area contributed by atoms with Crippen LogP contribution in [0.2, 0.25) is 0 Å². The third-order valence-corrected chi connectivity index (χ3v) is 7.60. The molecule has 1 aliphatic heterocycles. The molecule has 36 heavy (non-hydrogen) atoms. The first-order valence-electron chi connectivity index (χ1n) is 13.2. The number of H-pyrrole nitrogens is 1. The molecule has 2 aromatic carbocycles. The molecule has 0 radical (unpaired) electrons. The molecule has 2 heterocycles. The topological polar surface area (TPSA) is 77.3 Å². The molecule has 2 aliphatic rings. The van der Waals surface area contributed by atoms with Crippen LogP contribution in [0.25, 0.3) is 10.9 Å². The number of carbonyl (C=O) groups excluding carboxylic acids is 1. The maximum absolute atomic E-state index is 13.3. The number of esters is 1. The Morgan fingerprint density at radius 1 is 1.28 bits per heavy atom. The van der Waals surface area contributed by atoms with Crippen LogP contribution in [0, 0.1) is 5.92 Å². The van der Waals surface area contributed by atoms with Gasteiger partial charge in [0.1, 0.15) is 23.3 Å². The van der Waals surface area contributed by atoms with E-state index in [2.05, 4.69) is 37.6 Å². The van der Waals surface area contributed by atoms with Crippen LogP contribution in [0.4, 0.5) is 0 Å². The van der Waals surface area contributed by atoms with Gasteiger partial charge in [-0.05, 0) is 61.9 Å². The zero-order valence-electron chi connectivity index (χ0n) is 21.3. The van der Waals surface area contributed by atoms with Gasteiger partial charge in [-0.2, -0.15) is 0 Å². The summed E-state index contributed by atoms with van der Waals surface area (Å²) in [4.78, 5) is 16.5. The number of aromatic nitrogens is 1. The first-order valence-corrected chi connectivity index (χ1v) is 13.2. The number of aryl methyl sites for hydroxylation is 1. The number of hydrogen-bond acceptors (Lipinski definition) is 4. The highest BCUT2D eigenvalue weighted by Gasteiger charge is 2.38. The van der Waals surface area contributed by atoms with Crippen LogP contribution < -0.4 is 15.2 Å². The first kappa shape index (κ1) is 24.4. The average molecular weight is 485 g/mol. The number of aromatic amines is 1. The summed E-state index contributed by atoms with van der Waals surface area (Å²) in [5.74, 6) is 1.98. The van der Waals surface area contributed by atoms with E-state index in [1.807, 2.05) is 36.5 Å². The Balaban J connectivity index is 1.45. The molecule has 0 saturated heterocycles. The average Bonchev–Trinajstić information content (AvgIpc) is 3.26. The van der Waals surface area contributed by atoms with Crippen molar-refractivity contribution in [2.24, 2.45) is 11.7 Å². The maximum Gasteiger partial charge on any atom is 0.328 e. The number of nitrogens with two attached hydrogens (primary N) is 1. The number of ether oxygens (including phenoxy) is 2. The second kappa shape index (κ2) is 10.4. The van der Waals surface area contributed by atoms with Gasteiger partial charge in [0.25, 0.3) is 0 Å². The number of fused-ring (bicyclic) bond motifs is 4. The van der Waals surface area contributed by atoms with Crippen LogP contribution in [0.15, 0.2) is 66.6 Å². The van der Waals surface area contributed by atoms with Gasteiger partial charge >= 0.3 is 5.97 Å². The molecule has 3 aromatic rings. The highest BCUT2D eigenvalue weighted by atomic mass is 16.5. The fourth-order valence-corrected chi connectivity index (χ4v) is 5.61. The van der Waals surface area contributed by atoms with Gasteiger partial charge in [-0.1, -0.05) is 56.2 Å². The number of carbonyl (C=O) groups is 1. The van der Waals surface area contributed by atoms with Crippen molar-refractivity contribution in [2.45, 2.75) is 70.8 Å². The lowest BCUT2D eigenvalue weighted by atomic mass is 9.74. The molecule has 5 rings (SSSR count). The Morgan fingerprint density at radius 3 is 2.94 bits per heavy atom. The Hall–Kier alpha value is -3.31. The fraction of sp³-hybridized carbons (Fsp3) is 0.387. The lowest BCUT2D eigenvalue weighted by molar-refractivity contribution is -0.135. The van der Waals surface area contributed by atoms with Gasteiger partial charge in [-0.3, -0.25) is 0 Å². The highest BCUT2D eigenvalue weighted by molar-refractivity contribution is 5.85. The number of unbranched alkanes of at least 4 members (excludes halogenated alkanes) is 2. The normalized spacial score (nSPS) is 19.8. The number of nitrogens with one attached hydrogen (secondary N) is 1. The van der Waals surface area contributed by atoms with Crippen molar-refractivity contribution < 1.29 is 14.3 Å². The highest BCUT2D eigenvalue weighted by Crippen LogP contribution is 2.51. The predicted molar refractivity (Wildman–Crippen MR) is 144 cm³/mol. The monoisotopic (exact) mass is 484 g/mol. The summed E-state index contributed by atoms with van der Waals surface area (Å²) in [6, 6.07) is 11.4. The summed E-state index contributed by atoms with van der Waals surface area (Å²) in [6.45, 7) is 8.59. The second-order valence-corrected chi connectivity index (χ2v) is 10.3. The van der Waals surface area contributed by atoms with Crippen molar-refractivity contribution in [1.29, 1.82) is 0 Å². The minimum atomic E-state index is -0.775. The van der Waals surface area contributed by atoms with Crippen LogP contribution in [0.5, 0.6) is 11.5 Å². The molecule has 188 valence electrons. The third-order valence-electron chi connectivity index (χ3n) is 7.60. The van der Waals surface area contributed by atoms with Crippen molar-refractivity contribution >= 4 is 16.9 Å². The molecule has 3 atom stereocenters. The summed E-state index contributed by atoms with van der Waals surface area (Å²) in [5.41, 5.74) is 11.8. The number of allylic oxidation sites excluding steroid dienone is 3. The number of benzene rings is 2. The van der Waals surface area contributed by atoms with Crippen LogP contribution in [-0.2, 0) is 17.6 Å². The lowest BCUT2D eigenvalue weighted by Gasteiger charge is -2.37. The summed E-state index contributed by atoms with van der Waals surface area (Å²) < 4.78 is 12.3. The van der Waals surface area contributed by atoms with Crippen LogP contribution in [0.1, 0.15) is 68.6 Å². The zero-order valence-corrected chi connectivity index (χ0v) is 21.3. The molecular formula is C31H36N2O3. The predicted octanol–water partition coefficient (Wildman–Crippen LogP) is 6.72. The van der Waals surface area contributed by atoms with E-state index in [1.54, 1.807) is 0 Å². The van der Waals surface area contributed by atoms with E-state index < -0.39 is 12.0 Å². The minimum Gasteiger partial charge on any atom is -0.462 e. The van der Waals surface area contributed by atoms with Crippen molar-refractivity contribution in [3.05, 3.63) is 83.3 Å². The second-order valence-electron chi connectivity index (χ2n) is 10.3. The number of rotatable bonds is 8. The Morgan fingerprint density at radius 2 is 2.11 bits per heavy atom. The molecule has 2 unspecified atom stereocenters. The fourth-order valence-electron chi connectivity index (χ4n) is 5.61. The van der Waals surface area contributed by atoms with Crippen molar-refractivity contribution in [3.63, 3.8) is 0 Å². The number of para-hydroxylation sites is 1. The summed E-state index contributed by atoms with van der Waals surface area (Å²) >= 11 is 0. The van der Waals surface area contributed by atoms with Gasteiger partial charge in [-0.25, -0.2) is 4.79 Å². The first-order chi connectivity index (χ1) is 17.4. The van der Waals surface area contributed by atoms with Gasteiger partial charge in [0.05, 0.1) is 0 Å². The van der Waals surface area contributed by atoms with Gasteiger partial charge in [0.2, 0.25) is 0 Å². The quantitative estimate of drug-likeness (QED) is 0.161. The SMILES string of the molecule is C=C1Oc2cc(CCCCC)cc(OC(=O)[C@@H](N)Cc3c[nH]c4ccccc34)c2C2C=C(C)CCC12. The summed E-state index contributed by atoms with van der Waals surface area (Å²) in [5, 5.41) is 1.08. The van der Waals surface area contributed by atoms with E-state index in [9.17, 15) is 4.79 Å². The molecule has 1 aliphatic carbocycles. The molecule has 1 aromatic heterocycles. The third kappa shape index (κ3) is 4.85. The summed E-state index contributed by atoms with van der Waals surface area (Å²) in [7, 11) is 0. The summed E-state index contributed by atoms with van der Waals surface area (Å²) in [6.07, 6.45) is 10.9. The Kier molecular flexibility index (Phi) is 7.01. The molecule has 0 amide bonds. The van der Waals surface area contributed by atoms with E-state index in [0.717, 1.165) is 77.6 Å². The molecule has 5 heteroatoms. The maximum atomic E-state index is 13.3. The van der Waals surface area contributed by atoms with Gasteiger partial charge in [0, 0.05) is 40.9 Å². The van der Waals surface area contributed by atoms with Gasteiger partial charge in [0.15, 0.2) is 0 Å². The molecular weight excluding hydrogens is 448 g/mol. The molecule has 0 bridgehead atoms. The molecule has 5 nitrogen and oxygen atoms in total. The van der Waals surface area contributed by atoms with E-state index in [4.69, 9.17) is 15.2 Å². The van der Waals surface area contributed by atoms with Crippen LogP contribution >= 0.6 is 0 Å². The Labute approximate surface area is 213 Å². The molecule has 3 N–H and O–H groups in total. The van der Waals surface area contributed by atoms with Crippen LogP contribution in [-0.4, -0.2) is 17.0 Å². The van der Waals surface area contributed by atoms with Crippen molar-refractivity contribution in [2.75, 3.05) is 0 Å². The largest absolute Gasteiger partial charge is 0.462 e. The zero-order chi connectivity index (χ0) is 25.2. The standard InChI is InChI=1S/C31H36N2O3/c1-4-5-6-9-21-15-28-30(25-14-19(2)12-13-23(25)20(3)35-28)29(16-21)36-31(34)26(32)17-22-18-33-27-11-8-7-10-24(22)27/h7-8,10-11,14-16,18,23,25-26,33H,3-6,9,12-13,17,32H2,1-2H3/t23?,25?,26-/m0/s1. The van der Waals surface area contributed by atoms with E-state index >= 15 is 0 Å². The van der Waals surface area contributed by atoms with Crippen molar-refractivity contribution in [1.82, 2.24) is 4.98 Å². The van der Waals surface area contributed by atoms with Gasteiger partial charge in [-0.15, -0.1) is 0 Å². The molecule has 0 spiro atoms. The van der Waals surface area contributed by atoms with Gasteiger partial charge < -0.3 is 20.2 Å². The smallest absolute Gasteiger partial charge is 0.328 e. The van der Waals surface area contributed by atoms with E-state index in [1.165, 1.54) is 5.57 Å².